The zero-order valence-electron chi connectivity index (χ0n) is 12.0. The second-order valence-electron chi connectivity index (χ2n) is 4.85. The summed E-state index contributed by atoms with van der Waals surface area (Å²) < 4.78 is 29.5. The molecule has 0 aliphatic heterocycles. The van der Waals surface area contributed by atoms with Crippen LogP contribution in [-0.4, -0.2) is 17.5 Å². The summed E-state index contributed by atoms with van der Waals surface area (Å²) in [6, 6.07) is 11.6. The predicted octanol–water partition coefficient (Wildman–Crippen LogP) is 4.46. The molecule has 23 heavy (non-hydrogen) atoms. The predicted molar refractivity (Wildman–Crippen MR) is 85.4 cm³/mol. The summed E-state index contributed by atoms with van der Waals surface area (Å²) in [6.07, 6.45) is 0. The van der Waals surface area contributed by atoms with Gasteiger partial charge in [0.05, 0.1) is 10.2 Å². The number of anilines is 1. The number of amides is 1. The molecule has 3 rings (SSSR count). The third kappa shape index (κ3) is 3.62. The van der Waals surface area contributed by atoms with E-state index in [0.717, 1.165) is 5.56 Å². The lowest BCUT2D eigenvalue weighted by atomic mass is 10.1. The van der Waals surface area contributed by atoms with Crippen molar-refractivity contribution in [1.82, 2.24) is 4.98 Å². The zero-order valence-corrected chi connectivity index (χ0v) is 12.9. The van der Waals surface area contributed by atoms with Gasteiger partial charge in [-0.1, -0.05) is 29.0 Å². The van der Waals surface area contributed by atoms with E-state index in [0.29, 0.717) is 20.9 Å². The first kappa shape index (κ1) is 15.4. The van der Waals surface area contributed by atoms with Crippen LogP contribution in [0.25, 0.3) is 10.2 Å². The van der Waals surface area contributed by atoms with E-state index in [9.17, 15) is 13.6 Å². The first-order valence-electron chi connectivity index (χ1n) is 6.75. The van der Waals surface area contributed by atoms with Gasteiger partial charge in [0.25, 0.3) is 5.91 Å². The Balaban J connectivity index is 1.80. The maximum Gasteiger partial charge on any atom is 0.387 e. The van der Waals surface area contributed by atoms with E-state index in [2.05, 4.69) is 15.0 Å². The third-order valence-electron chi connectivity index (χ3n) is 3.12. The van der Waals surface area contributed by atoms with E-state index in [1.54, 1.807) is 18.2 Å². The molecule has 1 amide bonds. The molecule has 1 N–H and O–H groups in total. The van der Waals surface area contributed by atoms with Crippen molar-refractivity contribution in [2.45, 2.75) is 13.5 Å². The molecule has 1 aromatic heterocycles. The molecule has 4 nitrogen and oxygen atoms in total. The molecule has 2 aromatic carbocycles. The monoisotopic (exact) mass is 334 g/mol. The molecule has 0 aliphatic rings. The number of benzene rings is 2. The number of alkyl halides is 2. The number of fused-ring (bicyclic) bond motifs is 1. The molecule has 1 heterocycles. The van der Waals surface area contributed by atoms with Gasteiger partial charge in [0.1, 0.15) is 5.75 Å². The number of nitrogens with zero attached hydrogens (tertiary/aromatic N) is 1. The Morgan fingerprint density at radius 3 is 2.65 bits per heavy atom. The van der Waals surface area contributed by atoms with Crippen molar-refractivity contribution in [3.05, 3.63) is 53.6 Å². The smallest absolute Gasteiger partial charge is 0.387 e. The van der Waals surface area contributed by atoms with Gasteiger partial charge in [-0.2, -0.15) is 8.78 Å². The molecule has 0 saturated carbocycles. The van der Waals surface area contributed by atoms with Crippen LogP contribution < -0.4 is 10.1 Å². The fourth-order valence-electron chi connectivity index (χ4n) is 2.01. The van der Waals surface area contributed by atoms with Gasteiger partial charge in [0.2, 0.25) is 0 Å². The zero-order chi connectivity index (χ0) is 16.4. The number of halogens is 2. The average molecular weight is 334 g/mol. The maximum atomic E-state index is 12.2. The van der Waals surface area contributed by atoms with Gasteiger partial charge in [-0.15, -0.1) is 0 Å². The lowest BCUT2D eigenvalue weighted by Gasteiger charge is -2.02. The lowest BCUT2D eigenvalue weighted by molar-refractivity contribution is -0.0497. The van der Waals surface area contributed by atoms with Gasteiger partial charge < -0.3 is 4.74 Å². The van der Waals surface area contributed by atoms with Gasteiger partial charge in [-0.3, -0.25) is 10.1 Å². The van der Waals surface area contributed by atoms with E-state index in [1.807, 2.05) is 19.1 Å². The van der Waals surface area contributed by atoms with Crippen LogP contribution in [0.4, 0.5) is 13.9 Å². The third-order valence-corrected chi connectivity index (χ3v) is 4.05. The second kappa shape index (κ2) is 6.29. The first-order valence-corrected chi connectivity index (χ1v) is 7.56. The van der Waals surface area contributed by atoms with Crippen LogP contribution in [-0.2, 0) is 0 Å². The fraction of sp³-hybridized carbons (Fsp3) is 0.125. The van der Waals surface area contributed by atoms with Crippen molar-refractivity contribution in [2.24, 2.45) is 0 Å². The molecule has 0 spiro atoms. The van der Waals surface area contributed by atoms with Crippen LogP contribution in [0.5, 0.6) is 5.75 Å². The summed E-state index contributed by atoms with van der Waals surface area (Å²) in [4.78, 5) is 16.4. The molecular formula is C16H12F2N2O2S. The van der Waals surface area contributed by atoms with E-state index < -0.39 is 6.61 Å². The highest BCUT2D eigenvalue weighted by molar-refractivity contribution is 7.22. The molecule has 0 fully saturated rings. The van der Waals surface area contributed by atoms with E-state index in [1.165, 1.54) is 23.5 Å². The van der Waals surface area contributed by atoms with Gasteiger partial charge in [0, 0.05) is 5.56 Å². The Morgan fingerprint density at radius 2 is 1.96 bits per heavy atom. The number of aromatic nitrogens is 1. The highest BCUT2D eigenvalue weighted by atomic mass is 32.1. The number of carbonyl (C=O) groups is 1. The van der Waals surface area contributed by atoms with Gasteiger partial charge >= 0.3 is 6.61 Å². The number of hydrogen-bond acceptors (Lipinski definition) is 4. The Hall–Kier alpha value is -2.54. The Morgan fingerprint density at radius 1 is 1.22 bits per heavy atom. The Kier molecular flexibility index (Phi) is 4.20. The standard InChI is InChI=1S/C16H12F2N2O2S/c1-9-2-4-10(5-3-9)14(21)20-16-19-12-7-6-11(22-15(17)18)8-13(12)23-16/h2-8,15H,1H3,(H,19,20,21). The summed E-state index contributed by atoms with van der Waals surface area (Å²) in [5.74, 6) is -0.208. The van der Waals surface area contributed by atoms with Crippen LogP contribution in [0.3, 0.4) is 0 Å². The summed E-state index contributed by atoms with van der Waals surface area (Å²) in [5.41, 5.74) is 2.19. The van der Waals surface area contributed by atoms with Crippen molar-refractivity contribution in [1.29, 1.82) is 0 Å². The summed E-state index contributed by atoms with van der Waals surface area (Å²) in [7, 11) is 0. The van der Waals surface area contributed by atoms with Gasteiger partial charge in [0.15, 0.2) is 5.13 Å². The SMILES string of the molecule is Cc1ccc(C(=O)Nc2nc3ccc(OC(F)F)cc3s2)cc1. The molecule has 0 aliphatic carbocycles. The normalized spacial score (nSPS) is 11.0. The summed E-state index contributed by atoms with van der Waals surface area (Å²) in [5, 5.41) is 3.11. The molecule has 7 heteroatoms. The minimum absolute atomic E-state index is 0.0626. The highest BCUT2D eigenvalue weighted by Gasteiger charge is 2.11. The Bertz CT molecular complexity index is 847. The number of hydrogen-bond donors (Lipinski definition) is 1. The number of thiazole rings is 1. The molecule has 118 valence electrons. The lowest BCUT2D eigenvalue weighted by Crippen LogP contribution is -2.11. The highest BCUT2D eigenvalue weighted by Crippen LogP contribution is 2.30. The van der Waals surface area contributed by atoms with Crippen LogP contribution >= 0.6 is 11.3 Å². The van der Waals surface area contributed by atoms with E-state index >= 15 is 0 Å². The van der Waals surface area contributed by atoms with E-state index in [-0.39, 0.29) is 11.7 Å². The van der Waals surface area contributed by atoms with E-state index in [4.69, 9.17) is 0 Å². The number of ether oxygens (including phenoxy) is 1. The average Bonchev–Trinajstić information content (AvgIpc) is 2.88. The first-order chi connectivity index (χ1) is 11.0. The van der Waals surface area contributed by atoms with Gasteiger partial charge in [-0.05, 0) is 37.3 Å². The molecule has 0 bridgehead atoms. The molecule has 3 aromatic rings. The number of rotatable bonds is 4. The van der Waals surface area contributed by atoms with Gasteiger partial charge in [-0.25, -0.2) is 4.98 Å². The quantitative estimate of drug-likeness (QED) is 0.766. The topological polar surface area (TPSA) is 51.2 Å². The van der Waals surface area contributed by atoms with Crippen LogP contribution in [0.1, 0.15) is 15.9 Å². The van der Waals surface area contributed by atoms with Crippen molar-refractivity contribution in [2.75, 3.05) is 5.32 Å². The van der Waals surface area contributed by atoms with Crippen molar-refractivity contribution < 1.29 is 18.3 Å². The van der Waals surface area contributed by atoms with Crippen molar-refractivity contribution in [3.8, 4) is 5.75 Å². The second-order valence-corrected chi connectivity index (χ2v) is 5.88. The minimum Gasteiger partial charge on any atom is -0.435 e. The summed E-state index contributed by atoms with van der Waals surface area (Å²) >= 11 is 1.20. The fourth-order valence-corrected chi connectivity index (χ4v) is 2.90. The molecule has 0 radical (unpaired) electrons. The Labute approximate surface area is 134 Å². The summed E-state index contributed by atoms with van der Waals surface area (Å²) in [6.45, 7) is -0.935. The molecule has 0 unspecified atom stereocenters. The molecule has 0 saturated heterocycles. The number of nitrogens with one attached hydrogen (secondary N) is 1. The number of carbonyl (C=O) groups excluding carboxylic acids is 1. The van der Waals surface area contributed by atoms with Crippen molar-refractivity contribution in [3.63, 3.8) is 0 Å². The molecule has 0 atom stereocenters. The van der Waals surface area contributed by atoms with Crippen molar-refractivity contribution >= 4 is 32.6 Å². The van der Waals surface area contributed by atoms with Crippen LogP contribution in [0.2, 0.25) is 0 Å². The number of aryl methyl sites for hydroxylation is 1. The van der Waals surface area contributed by atoms with Crippen LogP contribution in [0, 0.1) is 6.92 Å². The van der Waals surface area contributed by atoms with Crippen LogP contribution in [0.15, 0.2) is 42.5 Å². The maximum absolute atomic E-state index is 12.2. The largest absolute Gasteiger partial charge is 0.435 e. The minimum atomic E-state index is -2.87. The molecular weight excluding hydrogens is 322 g/mol.